The molecule has 0 radical (unpaired) electrons. The highest BCUT2D eigenvalue weighted by Gasteiger charge is 2.04. The van der Waals surface area contributed by atoms with Crippen LogP contribution in [0.1, 0.15) is 6.92 Å². The van der Waals surface area contributed by atoms with Gasteiger partial charge in [0.25, 0.3) is 5.91 Å². The number of rotatable bonds is 5. The molecule has 0 aliphatic heterocycles. The van der Waals surface area contributed by atoms with Crippen LogP contribution in [-0.2, 0) is 14.3 Å². The molecule has 0 saturated carbocycles. The van der Waals surface area contributed by atoms with Crippen LogP contribution in [-0.4, -0.2) is 18.5 Å². The van der Waals surface area contributed by atoms with Gasteiger partial charge in [-0.25, -0.2) is 0 Å². The Morgan fingerprint density at radius 1 is 0.952 bits per heavy atom. The van der Waals surface area contributed by atoms with Crippen LogP contribution in [0.15, 0.2) is 54.6 Å². The Kier molecular flexibility index (Phi) is 4.93. The zero-order valence-corrected chi connectivity index (χ0v) is 11.5. The highest BCUT2D eigenvalue weighted by Crippen LogP contribution is 2.22. The lowest BCUT2D eigenvalue weighted by Crippen LogP contribution is -2.19. The maximum absolute atomic E-state index is 11.5. The van der Waals surface area contributed by atoms with Crippen molar-refractivity contribution in [2.45, 2.75) is 6.92 Å². The molecular weight excluding hydrogens is 270 g/mol. The van der Waals surface area contributed by atoms with Gasteiger partial charge < -0.3 is 14.8 Å². The van der Waals surface area contributed by atoms with E-state index in [0.717, 1.165) is 5.75 Å². The first-order valence-electron chi connectivity index (χ1n) is 6.39. The standard InChI is InChI=1S/C16H15NO4/c1-12(18)20-11-16(19)17-13-7-9-15(10-8-13)21-14-5-3-2-4-6-14/h2-10H,11H2,1H3,(H,17,19). The quantitative estimate of drug-likeness (QED) is 0.858. The second-order valence-electron chi connectivity index (χ2n) is 4.27. The van der Waals surface area contributed by atoms with Gasteiger partial charge in [0.2, 0.25) is 0 Å². The summed E-state index contributed by atoms with van der Waals surface area (Å²) in [5.74, 6) is 0.530. The Labute approximate surface area is 122 Å². The van der Waals surface area contributed by atoms with Gasteiger partial charge in [0.15, 0.2) is 6.61 Å². The molecule has 5 heteroatoms. The Balaban J connectivity index is 1.90. The van der Waals surface area contributed by atoms with E-state index in [0.29, 0.717) is 11.4 Å². The minimum atomic E-state index is -0.489. The van der Waals surface area contributed by atoms with Crippen molar-refractivity contribution in [1.82, 2.24) is 0 Å². The van der Waals surface area contributed by atoms with E-state index < -0.39 is 5.97 Å². The van der Waals surface area contributed by atoms with Gasteiger partial charge in [0.1, 0.15) is 11.5 Å². The summed E-state index contributed by atoms with van der Waals surface area (Å²) >= 11 is 0. The predicted molar refractivity (Wildman–Crippen MR) is 78.2 cm³/mol. The van der Waals surface area contributed by atoms with Crippen molar-refractivity contribution >= 4 is 17.6 Å². The van der Waals surface area contributed by atoms with Crippen LogP contribution in [0.2, 0.25) is 0 Å². The van der Waals surface area contributed by atoms with Gasteiger partial charge in [-0.15, -0.1) is 0 Å². The molecule has 1 amide bonds. The van der Waals surface area contributed by atoms with Gasteiger partial charge in [-0.05, 0) is 36.4 Å². The van der Waals surface area contributed by atoms with E-state index in [4.69, 9.17) is 4.74 Å². The van der Waals surface area contributed by atoms with E-state index >= 15 is 0 Å². The minimum Gasteiger partial charge on any atom is -0.457 e. The molecule has 0 bridgehead atoms. The number of esters is 1. The molecule has 108 valence electrons. The lowest BCUT2D eigenvalue weighted by atomic mass is 10.3. The third kappa shape index (κ3) is 4.99. The van der Waals surface area contributed by atoms with E-state index in [-0.39, 0.29) is 12.5 Å². The summed E-state index contributed by atoms with van der Waals surface area (Å²) in [5, 5.41) is 2.62. The van der Waals surface area contributed by atoms with E-state index in [1.54, 1.807) is 24.3 Å². The summed E-state index contributed by atoms with van der Waals surface area (Å²) in [6.45, 7) is 0.959. The highest BCUT2D eigenvalue weighted by atomic mass is 16.5. The number of amides is 1. The number of carbonyl (C=O) groups excluding carboxylic acids is 2. The number of benzene rings is 2. The van der Waals surface area contributed by atoms with Gasteiger partial charge in [-0.1, -0.05) is 18.2 Å². The molecule has 1 N–H and O–H groups in total. The fourth-order valence-electron chi connectivity index (χ4n) is 1.60. The fourth-order valence-corrected chi connectivity index (χ4v) is 1.60. The van der Waals surface area contributed by atoms with Crippen LogP contribution in [0.4, 0.5) is 5.69 Å². The van der Waals surface area contributed by atoms with Crippen molar-refractivity contribution in [2.24, 2.45) is 0 Å². The van der Waals surface area contributed by atoms with Crippen LogP contribution in [0.25, 0.3) is 0 Å². The zero-order valence-electron chi connectivity index (χ0n) is 11.5. The van der Waals surface area contributed by atoms with Gasteiger partial charge in [-0.3, -0.25) is 9.59 Å². The Morgan fingerprint density at radius 2 is 1.57 bits per heavy atom. The third-order valence-electron chi connectivity index (χ3n) is 2.52. The maximum atomic E-state index is 11.5. The monoisotopic (exact) mass is 285 g/mol. The van der Waals surface area contributed by atoms with Crippen molar-refractivity contribution < 1.29 is 19.1 Å². The second kappa shape index (κ2) is 7.09. The molecule has 0 spiro atoms. The molecule has 21 heavy (non-hydrogen) atoms. The summed E-state index contributed by atoms with van der Waals surface area (Å²) in [4.78, 5) is 22.1. The number of ether oxygens (including phenoxy) is 2. The minimum absolute atomic E-state index is 0.294. The molecule has 2 aromatic carbocycles. The van der Waals surface area contributed by atoms with E-state index in [2.05, 4.69) is 10.1 Å². The van der Waals surface area contributed by atoms with Crippen LogP contribution in [0, 0.1) is 0 Å². The summed E-state index contributed by atoms with van der Waals surface area (Å²) < 4.78 is 10.2. The smallest absolute Gasteiger partial charge is 0.303 e. The highest BCUT2D eigenvalue weighted by molar-refractivity contribution is 5.92. The average Bonchev–Trinajstić information content (AvgIpc) is 2.48. The Hall–Kier alpha value is -2.82. The lowest BCUT2D eigenvalue weighted by molar-refractivity contribution is -0.144. The third-order valence-corrected chi connectivity index (χ3v) is 2.52. The number of anilines is 1. The molecule has 2 rings (SSSR count). The lowest BCUT2D eigenvalue weighted by Gasteiger charge is -2.08. The molecule has 0 saturated heterocycles. The van der Waals surface area contributed by atoms with Gasteiger partial charge in [0.05, 0.1) is 0 Å². The molecule has 0 aliphatic carbocycles. The Morgan fingerprint density at radius 3 is 2.19 bits per heavy atom. The molecular formula is C16H15NO4. The predicted octanol–water partition coefficient (Wildman–Crippen LogP) is 2.98. The van der Waals surface area contributed by atoms with Crippen molar-refractivity contribution in [2.75, 3.05) is 11.9 Å². The molecule has 0 aliphatic rings. The molecule has 2 aromatic rings. The van der Waals surface area contributed by atoms with Gasteiger partial charge in [0, 0.05) is 12.6 Å². The molecule has 0 fully saturated rings. The Bertz CT molecular complexity index is 608. The van der Waals surface area contributed by atoms with Gasteiger partial charge in [-0.2, -0.15) is 0 Å². The molecule has 0 unspecified atom stereocenters. The van der Waals surface area contributed by atoms with Crippen molar-refractivity contribution in [3.05, 3.63) is 54.6 Å². The first kappa shape index (κ1) is 14.6. The average molecular weight is 285 g/mol. The number of carbonyl (C=O) groups is 2. The first-order valence-corrected chi connectivity index (χ1v) is 6.39. The number of para-hydroxylation sites is 1. The van der Waals surface area contributed by atoms with E-state index in [1.807, 2.05) is 30.3 Å². The summed E-state index contributed by atoms with van der Waals surface area (Å²) in [6.07, 6.45) is 0. The number of nitrogens with one attached hydrogen (secondary N) is 1. The van der Waals surface area contributed by atoms with Crippen molar-refractivity contribution in [3.63, 3.8) is 0 Å². The van der Waals surface area contributed by atoms with Crippen LogP contribution >= 0.6 is 0 Å². The largest absolute Gasteiger partial charge is 0.457 e. The molecule has 5 nitrogen and oxygen atoms in total. The normalized spacial score (nSPS) is 9.76. The van der Waals surface area contributed by atoms with E-state index in [1.165, 1.54) is 6.92 Å². The maximum Gasteiger partial charge on any atom is 0.303 e. The number of hydrogen-bond acceptors (Lipinski definition) is 4. The van der Waals surface area contributed by atoms with Crippen LogP contribution < -0.4 is 10.1 Å². The van der Waals surface area contributed by atoms with Gasteiger partial charge >= 0.3 is 5.97 Å². The fraction of sp³-hybridized carbons (Fsp3) is 0.125. The van der Waals surface area contributed by atoms with E-state index in [9.17, 15) is 9.59 Å². The van der Waals surface area contributed by atoms with Crippen molar-refractivity contribution in [1.29, 1.82) is 0 Å². The van der Waals surface area contributed by atoms with Crippen LogP contribution in [0.3, 0.4) is 0 Å². The zero-order chi connectivity index (χ0) is 15.1. The topological polar surface area (TPSA) is 64.6 Å². The molecule has 0 aromatic heterocycles. The SMILES string of the molecule is CC(=O)OCC(=O)Nc1ccc(Oc2ccccc2)cc1. The summed E-state index contributed by atoms with van der Waals surface area (Å²) in [5.41, 5.74) is 0.604. The van der Waals surface area contributed by atoms with Crippen molar-refractivity contribution in [3.8, 4) is 11.5 Å². The first-order chi connectivity index (χ1) is 10.1. The summed E-state index contributed by atoms with van der Waals surface area (Å²) in [6, 6.07) is 16.3. The van der Waals surface area contributed by atoms with Crippen LogP contribution in [0.5, 0.6) is 11.5 Å². The molecule has 0 atom stereocenters. The summed E-state index contributed by atoms with van der Waals surface area (Å²) in [7, 11) is 0. The second-order valence-corrected chi connectivity index (χ2v) is 4.27. The molecule has 0 heterocycles. The number of hydrogen-bond donors (Lipinski definition) is 1.